The molecule has 3 aromatic rings. The second-order valence-corrected chi connectivity index (χ2v) is 7.81. The number of methoxy groups -OCH3 is 2. The molecule has 0 atom stereocenters. The summed E-state index contributed by atoms with van der Waals surface area (Å²) in [4.78, 5) is 13.9. The van der Waals surface area contributed by atoms with Crippen LogP contribution in [0.25, 0.3) is 10.4 Å². The standard InChI is InChI=1S/C24H28ClN7O3/c1-33-20-7-3-18(4-8-20)16-32(17-19-5-9-21(34-2)10-6-19)24-29-22(25)15-23(30-24)27-11-13-35-14-12-28-31-26/h3-10,15H,11-14,16-17H2,1-2H3,(H,27,29,30). The number of hydrogen-bond donors (Lipinski definition) is 1. The highest BCUT2D eigenvalue weighted by molar-refractivity contribution is 6.29. The van der Waals surface area contributed by atoms with Gasteiger partial charge in [0.15, 0.2) is 0 Å². The average Bonchev–Trinajstić information content (AvgIpc) is 2.88. The summed E-state index contributed by atoms with van der Waals surface area (Å²) in [5.74, 6) is 2.68. The van der Waals surface area contributed by atoms with Crippen molar-refractivity contribution in [2.75, 3.05) is 50.7 Å². The van der Waals surface area contributed by atoms with E-state index in [-0.39, 0.29) is 0 Å². The highest BCUT2D eigenvalue weighted by Gasteiger charge is 2.14. The Balaban J connectivity index is 1.76. The van der Waals surface area contributed by atoms with Gasteiger partial charge in [-0.1, -0.05) is 41.0 Å². The predicted molar refractivity (Wildman–Crippen MR) is 136 cm³/mol. The van der Waals surface area contributed by atoms with Gasteiger partial charge in [0.1, 0.15) is 22.5 Å². The number of hydrogen-bond acceptors (Lipinski definition) is 8. The summed E-state index contributed by atoms with van der Waals surface area (Å²) in [7, 11) is 3.29. The molecule has 0 saturated heterocycles. The second-order valence-electron chi connectivity index (χ2n) is 7.42. The van der Waals surface area contributed by atoms with Crippen molar-refractivity contribution in [1.29, 1.82) is 0 Å². The summed E-state index contributed by atoms with van der Waals surface area (Å²) in [5.41, 5.74) is 10.4. The van der Waals surface area contributed by atoms with E-state index in [4.69, 9.17) is 31.3 Å². The zero-order valence-electron chi connectivity index (χ0n) is 19.7. The topological polar surface area (TPSA) is 118 Å². The number of nitrogens with zero attached hydrogens (tertiary/aromatic N) is 6. The first-order chi connectivity index (χ1) is 17.1. The molecule has 0 aliphatic rings. The maximum Gasteiger partial charge on any atom is 0.229 e. The summed E-state index contributed by atoms with van der Waals surface area (Å²) in [6, 6.07) is 17.4. The lowest BCUT2D eigenvalue weighted by atomic mass is 10.1. The Kier molecular flexibility index (Phi) is 10.3. The number of halogens is 1. The van der Waals surface area contributed by atoms with E-state index >= 15 is 0 Å². The fourth-order valence-electron chi connectivity index (χ4n) is 3.24. The van der Waals surface area contributed by atoms with E-state index < -0.39 is 0 Å². The predicted octanol–water partition coefficient (Wildman–Crippen LogP) is 5.09. The summed E-state index contributed by atoms with van der Waals surface area (Å²) in [6.45, 7) is 2.74. The van der Waals surface area contributed by atoms with Crippen molar-refractivity contribution in [3.63, 3.8) is 0 Å². The molecule has 35 heavy (non-hydrogen) atoms. The Morgan fingerprint density at radius 3 is 2.09 bits per heavy atom. The Bertz CT molecular complexity index is 1060. The van der Waals surface area contributed by atoms with E-state index in [0.717, 1.165) is 22.6 Å². The highest BCUT2D eigenvalue weighted by atomic mass is 35.5. The van der Waals surface area contributed by atoms with E-state index in [2.05, 4.69) is 30.2 Å². The van der Waals surface area contributed by atoms with Gasteiger partial charge < -0.3 is 24.4 Å². The normalized spacial score (nSPS) is 10.4. The molecule has 0 spiro atoms. The Morgan fingerprint density at radius 2 is 1.54 bits per heavy atom. The number of nitrogens with one attached hydrogen (secondary N) is 1. The van der Waals surface area contributed by atoms with Gasteiger partial charge in [-0.25, -0.2) is 4.98 Å². The molecular formula is C24H28ClN7O3. The molecule has 1 heterocycles. The molecule has 0 fully saturated rings. The highest BCUT2D eigenvalue weighted by Crippen LogP contribution is 2.23. The molecule has 0 saturated carbocycles. The van der Waals surface area contributed by atoms with E-state index in [9.17, 15) is 0 Å². The maximum atomic E-state index is 8.30. The summed E-state index contributed by atoms with van der Waals surface area (Å²) in [5, 5.41) is 6.97. The van der Waals surface area contributed by atoms with Crippen molar-refractivity contribution >= 4 is 23.4 Å². The molecule has 1 N–H and O–H groups in total. The van der Waals surface area contributed by atoms with Crippen LogP contribution in [0.5, 0.6) is 11.5 Å². The Morgan fingerprint density at radius 1 is 0.943 bits per heavy atom. The molecule has 0 aliphatic carbocycles. The SMILES string of the molecule is COc1ccc(CN(Cc2ccc(OC)cc2)c2nc(Cl)cc(NCCOCCN=[N+]=[N-])n2)cc1. The summed E-state index contributed by atoms with van der Waals surface area (Å²) < 4.78 is 16.0. The maximum absolute atomic E-state index is 8.30. The van der Waals surface area contributed by atoms with Crippen LogP contribution < -0.4 is 19.7 Å². The number of anilines is 2. The van der Waals surface area contributed by atoms with Crippen LogP contribution in [-0.4, -0.2) is 50.5 Å². The third kappa shape index (κ3) is 8.53. The van der Waals surface area contributed by atoms with Gasteiger partial charge in [-0.2, -0.15) is 4.98 Å². The van der Waals surface area contributed by atoms with Gasteiger partial charge in [-0.15, -0.1) is 0 Å². The van der Waals surface area contributed by atoms with E-state index in [1.54, 1.807) is 20.3 Å². The van der Waals surface area contributed by atoms with Crippen LogP contribution in [0.2, 0.25) is 5.15 Å². The fourth-order valence-corrected chi connectivity index (χ4v) is 3.42. The van der Waals surface area contributed by atoms with Gasteiger partial charge in [0.05, 0.1) is 27.4 Å². The molecule has 0 bridgehead atoms. The molecular weight excluding hydrogens is 470 g/mol. The first kappa shape index (κ1) is 25.9. The van der Waals surface area contributed by atoms with Crippen molar-refractivity contribution in [2.24, 2.45) is 5.11 Å². The Labute approximate surface area is 209 Å². The molecule has 2 aromatic carbocycles. The van der Waals surface area contributed by atoms with Gasteiger partial charge in [-0.05, 0) is 40.9 Å². The number of benzene rings is 2. The lowest BCUT2D eigenvalue weighted by Gasteiger charge is -2.24. The zero-order chi connectivity index (χ0) is 24.9. The van der Waals surface area contributed by atoms with Crippen LogP contribution in [-0.2, 0) is 17.8 Å². The van der Waals surface area contributed by atoms with Crippen LogP contribution in [0.4, 0.5) is 11.8 Å². The molecule has 10 nitrogen and oxygen atoms in total. The second kappa shape index (κ2) is 13.9. The number of azide groups is 1. The minimum atomic E-state index is 0.297. The molecule has 0 amide bonds. The van der Waals surface area contributed by atoms with E-state index in [1.165, 1.54) is 0 Å². The molecule has 11 heteroatoms. The molecule has 0 unspecified atom stereocenters. The Hall–Kier alpha value is -3.72. The van der Waals surface area contributed by atoms with Crippen molar-refractivity contribution in [3.8, 4) is 11.5 Å². The fraction of sp³-hybridized carbons (Fsp3) is 0.333. The number of aromatic nitrogens is 2. The molecule has 184 valence electrons. The van der Waals surface area contributed by atoms with Gasteiger partial charge in [0.25, 0.3) is 0 Å². The zero-order valence-corrected chi connectivity index (χ0v) is 20.5. The minimum absolute atomic E-state index is 0.297. The molecule has 0 aliphatic heterocycles. The lowest BCUT2D eigenvalue weighted by Crippen LogP contribution is -2.25. The van der Waals surface area contributed by atoms with Crippen LogP contribution in [0.1, 0.15) is 11.1 Å². The van der Waals surface area contributed by atoms with Gasteiger partial charge in [-0.3, -0.25) is 0 Å². The van der Waals surface area contributed by atoms with Gasteiger partial charge in [0.2, 0.25) is 5.95 Å². The van der Waals surface area contributed by atoms with Crippen LogP contribution in [0.3, 0.4) is 0 Å². The minimum Gasteiger partial charge on any atom is -0.497 e. The van der Waals surface area contributed by atoms with Crippen molar-refractivity contribution < 1.29 is 14.2 Å². The van der Waals surface area contributed by atoms with Crippen molar-refractivity contribution in [2.45, 2.75) is 13.1 Å². The van der Waals surface area contributed by atoms with E-state index in [1.807, 2.05) is 48.5 Å². The lowest BCUT2D eigenvalue weighted by molar-refractivity contribution is 0.151. The monoisotopic (exact) mass is 497 g/mol. The van der Waals surface area contributed by atoms with Gasteiger partial charge >= 0.3 is 0 Å². The average molecular weight is 498 g/mol. The van der Waals surface area contributed by atoms with Gasteiger partial charge in [0, 0.05) is 37.2 Å². The summed E-state index contributed by atoms with van der Waals surface area (Å²) >= 11 is 6.35. The first-order valence-corrected chi connectivity index (χ1v) is 11.4. The van der Waals surface area contributed by atoms with Crippen LogP contribution >= 0.6 is 11.6 Å². The number of ether oxygens (including phenoxy) is 3. The third-order valence-electron chi connectivity index (χ3n) is 4.98. The molecule has 3 rings (SSSR count). The van der Waals surface area contributed by atoms with Crippen LogP contribution in [0.15, 0.2) is 59.7 Å². The summed E-state index contributed by atoms with van der Waals surface area (Å²) in [6.07, 6.45) is 0. The van der Waals surface area contributed by atoms with Crippen LogP contribution in [0, 0.1) is 0 Å². The smallest absolute Gasteiger partial charge is 0.229 e. The quantitative estimate of drug-likeness (QED) is 0.108. The molecule has 1 aromatic heterocycles. The molecule has 0 radical (unpaired) electrons. The van der Waals surface area contributed by atoms with E-state index in [0.29, 0.717) is 56.3 Å². The third-order valence-corrected chi connectivity index (χ3v) is 5.18. The van der Waals surface area contributed by atoms with Crippen molar-refractivity contribution in [3.05, 3.63) is 81.3 Å². The largest absolute Gasteiger partial charge is 0.497 e. The van der Waals surface area contributed by atoms with Crippen molar-refractivity contribution in [1.82, 2.24) is 9.97 Å². The first-order valence-electron chi connectivity index (χ1n) is 11.0. The number of rotatable bonds is 14.